The van der Waals surface area contributed by atoms with E-state index in [1.165, 1.54) is 0 Å². The molecule has 2 N–H and O–H groups in total. The molecule has 3 aliphatic heterocycles. The highest BCUT2D eigenvalue weighted by molar-refractivity contribution is 6.02. The molecule has 204 valence electrons. The number of carbonyl (C=O) groups is 2. The monoisotopic (exact) mass is 530 g/mol. The van der Waals surface area contributed by atoms with Crippen LogP contribution < -0.4 is 19.9 Å². The van der Waals surface area contributed by atoms with E-state index in [0.717, 1.165) is 63.2 Å². The lowest BCUT2D eigenvalue weighted by Gasteiger charge is -2.45. The van der Waals surface area contributed by atoms with E-state index in [1.807, 2.05) is 42.5 Å². The lowest BCUT2D eigenvalue weighted by molar-refractivity contribution is -0.120. The Balaban J connectivity index is 1.10. The quantitative estimate of drug-likeness (QED) is 0.522. The zero-order valence-corrected chi connectivity index (χ0v) is 22.2. The fraction of sp³-hybridized carbons (Fsp3) is 0.448. The van der Waals surface area contributed by atoms with Crippen LogP contribution in [0.15, 0.2) is 48.5 Å². The molecule has 0 bridgehead atoms. The molecule has 1 spiro atoms. The number of hydrogen-bond donors (Lipinski definition) is 2. The minimum absolute atomic E-state index is 0.00664. The molecule has 39 heavy (non-hydrogen) atoms. The molecule has 10 heteroatoms. The van der Waals surface area contributed by atoms with Gasteiger partial charge in [-0.3, -0.25) is 14.7 Å². The SMILES string of the molecule is CN1C(=O)[C@H](NC(=O)c2n[nH]c(Cc3ccccc3)n2)COc2ccc(N3CCC4(CCOCC4)CC3)cc21. The predicted molar refractivity (Wildman–Crippen MR) is 146 cm³/mol. The molecule has 6 rings (SSSR count). The van der Waals surface area contributed by atoms with Crippen LogP contribution in [-0.2, 0) is 16.0 Å². The Morgan fingerprint density at radius 1 is 1.10 bits per heavy atom. The van der Waals surface area contributed by atoms with Crippen molar-refractivity contribution < 1.29 is 19.1 Å². The van der Waals surface area contributed by atoms with Crippen molar-refractivity contribution in [2.45, 2.75) is 38.1 Å². The number of fused-ring (bicyclic) bond motifs is 1. The first-order valence-electron chi connectivity index (χ1n) is 13.6. The Kier molecular flexibility index (Phi) is 6.95. The van der Waals surface area contributed by atoms with Gasteiger partial charge in [-0.25, -0.2) is 4.98 Å². The molecule has 3 aliphatic rings. The van der Waals surface area contributed by atoms with Crippen molar-refractivity contribution in [2.75, 3.05) is 49.8 Å². The highest BCUT2D eigenvalue weighted by Gasteiger charge is 2.37. The lowest BCUT2D eigenvalue weighted by Crippen LogP contribution is -2.49. The average Bonchev–Trinajstić information content (AvgIpc) is 3.40. The highest BCUT2D eigenvalue weighted by atomic mass is 16.5. The van der Waals surface area contributed by atoms with Crippen LogP contribution in [0.4, 0.5) is 11.4 Å². The van der Waals surface area contributed by atoms with Crippen LogP contribution in [0.1, 0.15) is 47.7 Å². The van der Waals surface area contributed by atoms with E-state index in [-0.39, 0.29) is 18.3 Å². The molecule has 10 nitrogen and oxygen atoms in total. The highest BCUT2D eigenvalue weighted by Crippen LogP contribution is 2.42. The van der Waals surface area contributed by atoms with Crippen LogP contribution in [-0.4, -0.2) is 73.0 Å². The fourth-order valence-electron chi connectivity index (χ4n) is 5.82. The summed E-state index contributed by atoms with van der Waals surface area (Å²) in [4.78, 5) is 34.5. The van der Waals surface area contributed by atoms with Crippen molar-refractivity contribution in [1.29, 1.82) is 0 Å². The minimum atomic E-state index is -0.863. The molecule has 2 amide bonds. The summed E-state index contributed by atoms with van der Waals surface area (Å²) >= 11 is 0. The van der Waals surface area contributed by atoms with Gasteiger partial charge in [0.25, 0.3) is 11.8 Å². The van der Waals surface area contributed by atoms with Crippen LogP contribution in [0.3, 0.4) is 0 Å². The molecule has 3 aromatic rings. The van der Waals surface area contributed by atoms with Gasteiger partial charge in [0.2, 0.25) is 5.82 Å². The number of ether oxygens (including phenoxy) is 2. The van der Waals surface area contributed by atoms with Crippen LogP contribution in [0.2, 0.25) is 0 Å². The van der Waals surface area contributed by atoms with Crippen LogP contribution in [0.5, 0.6) is 5.75 Å². The number of carbonyl (C=O) groups excluding carboxylic acids is 2. The van der Waals surface area contributed by atoms with Gasteiger partial charge >= 0.3 is 0 Å². The third kappa shape index (κ3) is 5.34. The number of H-pyrrole nitrogens is 1. The molecular weight excluding hydrogens is 496 g/mol. The van der Waals surface area contributed by atoms with Gasteiger partial charge in [0.05, 0.1) is 5.69 Å². The van der Waals surface area contributed by atoms with Gasteiger partial charge in [0, 0.05) is 45.5 Å². The van der Waals surface area contributed by atoms with Gasteiger partial charge in [0.15, 0.2) is 0 Å². The van der Waals surface area contributed by atoms with E-state index in [9.17, 15) is 9.59 Å². The Morgan fingerprint density at radius 2 is 1.87 bits per heavy atom. The van der Waals surface area contributed by atoms with Crippen molar-refractivity contribution in [1.82, 2.24) is 20.5 Å². The Labute approximate surface area is 227 Å². The summed E-state index contributed by atoms with van der Waals surface area (Å²) in [5.74, 6) is 0.412. The van der Waals surface area contributed by atoms with Gasteiger partial charge in [0.1, 0.15) is 24.2 Å². The number of benzene rings is 2. The third-order valence-corrected chi connectivity index (χ3v) is 8.34. The van der Waals surface area contributed by atoms with Crippen molar-refractivity contribution in [2.24, 2.45) is 5.41 Å². The first-order chi connectivity index (χ1) is 19.0. The largest absolute Gasteiger partial charge is 0.489 e. The number of likely N-dealkylation sites (N-methyl/N-ethyl adjacent to an activating group) is 1. The first kappa shape index (κ1) is 25.4. The lowest BCUT2D eigenvalue weighted by atomic mass is 9.72. The fourth-order valence-corrected chi connectivity index (χ4v) is 5.82. The number of hydrogen-bond acceptors (Lipinski definition) is 7. The minimum Gasteiger partial charge on any atom is -0.489 e. The molecule has 2 saturated heterocycles. The molecule has 4 heterocycles. The van der Waals surface area contributed by atoms with Crippen molar-refractivity contribution in [3.63, 3.8) is 0 Å². The summed E-state index contributed by atoms with van der Waals surface area (Å²) in [5, 5.41) is 9.63. The summed E-state index contributed by atoms with van der Waals surface area (Å²) in [5.41, 5.74) is 3.24. The summed E-state index contributed by atoms with van der Waals surface area (Å²) in [6.07, 6.45) is 5.12. The number of nitrogens with one attached hydrogen (secondary N) is 2. The third-order valence-electron chi connectivity index (χ3n) is 8.34. The number of nitrogens with zero attached hydrogens (tertiary/aromatic N) is 4. The second-order valence-corrected chi connectivity index (χ2v) is 10.8. The molecule has 2 aromatic carbocycles. The summed E-state index contributed by atoms with van der Waals surface area (Å²) < 4.78 is 11.6. The summed E-state index contributed by atoms with van der Waals surface area (Å²) in [7, 11) is 1.72. The molecule has 1 atom stereocenters. The topological polar surface area (TPSA) is 113 Å². The number of amides is 2. The second kappa shape index (κ2) is 10.7. The molecular formula is C29H34N6O4. The Bertz CT molecular complexity index is 1330. The van der Waals surface area contributed by atoms with Crippen LogP contribution in [0.25, 0.3) is 0 Å². The van der Waals surface area contributed by atoms with Gasteiger partial charge in [-0.2, -0.15) is 0 Å². The summed E-state index contributed by atoms with van der Waals surface area (Å²) in [6.45, 7) is 3.73. The van der Waals surface area contributed by atoms with E-state index in [4.69, 9.17) is 9.47 Å². The number of aromatic nitrogens is 3. The van der Waals surface area contributed by atoms with Gasteiger partial charge in [-0.1, -0.05) is 30.3 Å². The zero-order valence-electron chi connectivity index (χ0n) is 22.2. The van der Waals surface area contributed by atoms with Gasteiger partial charge in [-0.05, 0) is 54.9 Å². The van der Waals surface area contributed by atoms with E-state index >= 15 is 0 Å². The maximum atomic E-state index is 13.4. The van der Waals surface area contributed by atoms with E-state index in [0.29, 0.717) is 29.1 Å². The number of rotatable bonds is 5. The van der Waals surface area contributed by atoms with E-state index in [2.05, 4.69) is 31.5 Å². The van der Waals surface area contributed by atoms with E-state index < -0.39 is 11.9 Å². The zero-order chi connectivity index (χ0) is 26.8. The van der Waals surface area contributed by atoms with Crippen molar-refractivity contribution in [3.05, 3.63) is 65.7 Å². The molecule has 0 radical (unpaired) electrons. The van der Waals surface area contributed by atoms with Gasteiger partial charge < -0.3 is 24.6 Å². The molecule has 0 unspecified atom stereocenters. The maximum Gasteiger partial charge on any atom is 0.291 e. The Morgan fingerprint density at radius 3 is 2.64 bits per heavy atom. The first-order valence-corrected chi connectivity index (χ1v) is 13.6. The summed E-state index contributed by atoms with van der Waals surface area (Å²) in [6, 6.07) is 14.9. The predicted octanol–water partition coefficient (Wildman–Crippen LogP) is 2.95. The number of anilines is 2. The number of aromatic amines is 1. The standard InChI is InChI=1S/C29H34N6O4/c1-34-23-18-21(35-13-9-29(10-14-35)11-15-38-16-12-29)7-8-24(23)39-19-22(28(34)37)30-27(36)26-31-25(32-33-26)17-20-5-3-2-4-6-20/h2-8,18,22H,9-17,19H2,1H3,(H,30,36)(H,31,32,33)/t22-/m1/s1. The second-order valence-electron chi connectivity index (χ2n) is 10.8. The normalized spacial score (nSPS) is 20.7. The van der Waals surface area contributed by atoms with Crippen molar-refractivity contribution in [3.8, 4) is 5.75 Å². The molecule has 0 aliphatic carbocycles. The molecule has 2 fully saturated rings. The maximum absolute atomic E-state index is 13.4. The van der Waals surface area contributed by atoms with Crippen molar-refractivity contribution >= 4 is 23.2 Å². The van der Waals surface area contributed by atoms with Crippen LogP contribution >= 0.6 is 0 Å². The smallest absolute Gasteiger partial charge is 0.291 e. The molecule has 0 saturated carbocycles. The van der Waals surface area contributed by atoms with Gasteiger partial charge in [-0.15, -0.1) is 5.10 Å². The van der Waals surface area contributed by atoms with Crippen LogP contribution in [0, 0.1) is 5.41 Å². The van der Waals surface area contributed by atoms with E-state index in [1.54, 1.807) is 11.9 Å². The average molecular weight is 531 g/mol. The molecule has 1 aromatic heterocycles. The number of piperidine rings is 1. The Hall–Kier alpha value is -3.92.